The molecule has 14 heavy (non-hydrogen) atoms. The molecule has 0 aromatic carbocycles. The highest BCUT2D eigenvalue weighted by Crippen LogP contribution is 2.63. The zero-order valence-electron chi connectivity index (χ0n) is 9.37. The molecule has 0 saturated heterocycles. The lowest BCUT2D eigenvalue weighted by Crippen LogP contribution is -1.84. The summed E-state index contributed by atoms with van der Waals surface area (Å²) in [5, 5.41) is 0. The summed E-state index contributed by atoms with van der Waals surface area (Å²) in [6.45, 7) is 4.47. The third kappa shape index (κ3) is 9.89. The molecule has 0 N–H and O–H groups in total. The van der Waals surface area contributed by atoms with E-state index in [4.69, 9.17) is 11.8 Å². The Bertz CT molecular complexity index is 171. The van der Waals surface area contributed by atoms with Gasteiger partial charge < -0.3 is 0 Å². The van der Waals surface area contributed by atoms with Crippen LogP contribution >= 0.6 is 28.1 Å². The summed E-state index contributed by atoms with van der Waals surface area (Å²) in [5.41, 5.74) is 0. The molecule has 0 bridgehead atoms. The van der Waals surface area contributed by atoms with Crippen LogP contribution in [0.2, 0.25) is 0 Å². The Morgan fingerprint density at radius 3 is 2.21 bits per heavy atom. The van der Waals surface area contributed by atoms with Gasteiger partial charge in [-0.25, -0.2) is 0 Å². The van der Waals surface area contributed by atoms with Gasteiger partial charge in [0, 0.05) is 0 Å². The van der Waals surface area contributed by atoms with Crippen molar-refractivity contribution in [1.29, 1.82) is 0 Å². The summed E-state index contributed by atoms with van der Waals surface area (Å²) in [5.74, 6) is 1.22. The van der Waals surface area contributed by atoms with Gasteiger partial charge in [0.05, 0.1) is 4.44 Å². The van der Waals surface area contributed by atoms with E-state index < -0.39 is 4.44 Å². The fraction of sp³-hybridized carbons (Fsp3) is 1.00. The smallest absolute Gasteiger partial charge is 0.0543 e. The van der Waals surface area contributed by atoms with Crippen LogP contribution in [0.5, 0.6) is 0 Å². The standard InChI is InChI=1S/C10H23PS3/c1-3-5-7-9-11(12,13)14-10-8-6-4-2/h3-10H2,1-2H3,(H,12,13). The second-order valence-electron chi connectivity index (χ2n) is 3.61. The molecule has 0 nitrogen and oxygen atoms in total. The van der Waals surface area contributed by atoms with Crippen LogP contribution in [0.15, 0.2) is 0 Å². The lowest BCUT2D eigenvalue weighted by atomic mass is 10.3. The molecule has 0 aliphatic heterocycles. The van der Waals surface area contributed by atoms with Crippen molar-refractivity contribution in [3.8, 4) is 0 Å². The number of hydrogen-bond acceptors (Lipinski definition) is 2. The fourth-order valence-electron chi connectivity index (χ4n) is 1.19. The van der Waals surface area contributed by atoms with E-state index in [1.54, 1.807) is 0 Å². The first kappa shape index (κ1) is 15.3. The maximum absolute atomic E-state index is 5.54. The average Bonchev–Trinajstić information content (AvgIpc) is 2.13. The largest absolute Gasteiger partial charge is 0.131 e. The van der Waals surface area contributed by atoms with E-state index in [2.05, 4.69) is 26.1 Å². The quantitative estimate of drug-likeness (QED) is 0.341. The Hall–Kier alpha value is 1.35. The van der Waals surface area contributed by atoms with Crippen LogP contribution in [-0.4, -0.2) is 11.9 Å². The third-order valence-electron chi connectivity index (χ3n) is 2.09. The monoisotopic (exact) mass is 270 g/mol. The van der Waals surface area contributed by atoms with Crippen molar-refractivity contribution in [1.82, 2.24) is 0 Å². The van der Waals surface area contributed by atoms with Gasteiger partial charge in [0.2, 0.25) is 0 Å². The highest BCUT2D eigenvalue weighted by Gasteiger charge is 2.10. The molecule has 0 radical (unpaired) electrons. The fourth-order valence-corrected chi connectivity index (χ4v) is 6.79. The Balaban J connectivity index is 3.46. The molecule has 86 valence electrons. The molecule has 0 fully saturated rings. The Labute approximate surface area is 104 Å². The normalized spacial score (nSPS) is 15.4. The summed E-state index contributed by atoms with van der Waals surface area (Å²) >= 11 is 12.2. The molecule has 0 aliphatic rings. The number of rotatable bonds is 9. The highest BCUT2D eigenvalue weighted by atomic mass is 33.2. The minimum atomic E-state index is -1.32. The van der Waals surface area contributed by atoms with E-state index in [1.165, 1.54) is 50.4 Å². The Morgan fingerprint density at radius 2 is 1.64 bits per heavy atom. The van der Waals surface area contributed by atoms with Crippen LogP contribution in [0, 0.1) is 0 Å². The van der Waals surface area contributed by atoms with Gasteiger partial charge in [-0.3, -0.25) is 0 Å². The van der Waals surface area contributed by atoms with E-state index in [9.17, 15) is 0 Å². The zero-order valence-corrected chi connectivity index (χ0v) is 12.8. The summed E-state index contributed by atoms with van der Waals surface area (Å²) in [6.07, 6.45) is 9.00. The van der Waals surface area contributed by atoms with Crippen molar-refractivity contribution in [3.05, 3.63) is 0 Å². The Kier molecular flexibility index (Phi) is 10.5. The van der Waals surface area contributed by atoms with Crippen molar-refractivity contribution in [2.75, 3.05) is 11.9 Å². The first-order valence-corrected chi connectivity index (χ1v) is 11.3. The van der Waals surface area contributed by atoms with Gasteiger partial charge in [0.15, 0.2) is 0 Å². The number of hydrogen-bond donors (Lipinski definition) is 1. The highest BCUT2D eigenvalue weighted by molar-refractivity contribution is 8.96. The Morgan fingerprint density at radius 1 is 1.07 bits per heavy atom. The van der Waals surface area contributed by atoms with Crippen LogP contribution in [-0.2, 0) is 11.8 Å². The minimum Gasteiger partial charge on any atom is -0.131 e. The maximum Gasteiger partial charge on any atom is 0.0543 e. The van der Waals surface area contributed by atoms with Crippen molar-refractivity contribution >= 4 is 39.9 Å². The van der Waals surface area contributed by atoms with Crippen molar-refractivity contribution in [2.24, 2.45) is 0 Å². The summed E-state index contributed by atoms with van der Waals surface area (Å²) < 4.78 is -1.32. The molecule has 0 aromatic heterocycles. The van der Waals surface area contributed by atoms with Gasteiger partial charge in [0.1, 0.15) is 0 Å². The summed E-state index contributed by atoms with van der Waals surface area (Å²) in [6, 6.07) is 0. The van der Waals surface area contributed by atoms with Crippen LogP contribution in [0.3, 0.4) is 0 Å². The molecule has 0 saturated carbocycles. The molecule has 4 heteroatoms. The van der Waals surface area contributed by atoms with Gasteiger partial charge in [0.25, 0.3) is 0 Å². The summed E-state index contributed by atoms with van der Waals surface area (Å²) in [7, 11) is 0. The zero-order chi connectivity index (χ0) is 10.9. The van der Waals surface area contributed by atoms with Crippen LogP contribution < -0.4 is 0 Å². The molecule has 0 aliphatic carbocycles. The van der Waals surface area contributed by atoms with Gasteiger partial charge in [-0.05, 0) is 24.8 Å². The van der Waals surface area contributed by atoms with Crippen LogP contribution in [0.4, 0.5) is 0 Å². The molecular formula is C10H23PS3. The average molecular weight is 270 g/mol. The van der Waals surface area contributed by atoms with Gasteiger partial charge in [-0.1, -0.05) is 51.3 Å². The first-order chi connectivity index (χ1) is 6.62. The van der Waals surface area contributed by atoms with E-state index >= 15 is 0 Å². The second kappa shape index (κ2) is 9.57. The SMILES string of the molecule is CCCCCSP(=S)(S)CCCCC. The third-order valence-corrected chi connectivity index (χ3v) is 9.28. The second-order valence-corrected chi connectivity index (χ2v) is 14.9. The molecule has 0 rings (SSSR count). The van der Waals surface area contributed by atoms with E-state index in [0.717, 1.165) is 0 Å². The molecule has 0 spiro atoms. The van der Waals surface area contributed by atoms with Gasteiger partial charge in [-0.15, -0.1) is 23.6 Å². The lowest BCUT2D eigenvalue weighted by Gasteiger charge is -2.14. The predicted octanol–water partition coefficient (Wildman–Crippen LogP) is 5.34. The van der Waals surface area contributed by atoms with Crippen LogP contribution in [0.25, 0.3) is 0 Å². The topological polar surface area (TPSA) is 0 Å². The predicted molar refractivity (Wildman–Crippen MR) is 79.6 cm³/mol. The molecule has 0 amide bonds. The van der Waals surface area contributed by atoms with E-state index in [0.29, 0.717) is 0 Å². The van der Waals surface area contributed by atoms with Gasteiger partial charge in [-0.2, -0.15) is 0 Å². The lowest BCUT2D eigenvalue weighted by molar-refractivity contribution is 0.777. The number of unbranched alkanes of at least 4 members (excludes halogenated alkanes) is 4. The number of thiol groups is 1. The van der Waals surface area contributed by atoms with E-state index in [1.807, 2.05) is 11.4 Å². The molecule has 1 unspecified atom stereocenters. The summed E-state index contributed by atoms with van der Waals surface area (Å²) in [4.78, 5) is 0. The molecule has 0 heterocycles. The van der Waals surface area contributed by atoms with Gasteiger partial charge >= 0.3 is 0 Å². The molecule has 0 aromatic rings. The van der Waals surface area contributed by atoms with Crippen molar-refractivity contribution < 1.29 is 0 Å². The minimum absolute atomic E-state index is 1.18. The maximum atomic E-state index is 5.54. The first-order valence-electron chi connectivity index (χ1n) is 5.58. The molecule has 1 atom stereocenters. The van der Waals surface area contributed by atoms with Crippen molar-refractivity contribution in [2.45, 2.75) is 52.4 Å². The van der Waals surface area contributed by atoms with E-state index in [-0.39, 0.29) is 0 Å². The van der Waals surface area contributed by atoms with Crippen LogP contribution in [0.1, 0.15) is 52.4 Å². The van der Waals surface area contributed by atoms with Crippen molar-refractivity contribution in [3.63, 3.8) is 0 Å². The molecular weight excluding hydrogens is 247 g/mol.